The first-order chi connectivity index (χ1) is 12.5. The first-order valence-electron chi connectivity index (χ1n) is 9.54. The highest BCUT2D eigenvalue weighted by Crippen LogP contribution is 2.27. The molecule has 146 valence electrons. The summed E-state index contributed by atoms with van der Waals surface area (Å²) >= 11 is 2.05. The van der Waals surface area contributed by atoms with Crippen LogP contribution in [0.25, 0.3) is 0 Å². The number of nitrogens with one attached hydrogen (secondary N) is 1. The van der Waals surface area contributed by atoms with Crippen molar-refractivity contribution in [3.8, 4) is 5.75 Å². The summed E-state index contributed by atoms with van der Waals surface area (Å²) in [5.74, 6) is 3.71. The van der Waals surface area contributed by atoms with Crippen LogP contribution < -0.4 is 9.46 Å². The molecule has 2 fully saturated rings. The molecule has 2 saturated heterocycles. The number of aryl methyl sites for hydroxylation is 1. The lowest BCUT2D eigenvalue weighted by Gasteiger charge is -2.35. The number of sulfonamides is 1. The number of rotatable bonds is 7. The molecule has 0 unspecified atom stereocenters. The lowest BCUT2D eigenvalue weighted by molar-refractivity contribution is 0.145. The topological polar surface area (TPSA) is 58.6 Å². The van der Waals surface area contributed by atoms with Gasteiger partial charge in [0.25, 0.3) is 0 Å². The normalized spacial score (nSPS) is 22.6. The summed E-state index contributed by atoms with van der Waals surface area (Å²) in [5, 5.41) is 0. The van der Waals surface area contributed by atoms with Crippen molar-refractivity contribution in [3.05, 3.63) is 23.8 Å². The SMILES string of the molecule is CCOc1ccc(S(=O)(=O)NCC2CCN([C@H]3CCSC3)CC2)cc1C. The smallest absolute Gasteiger partial charge is 0.240 e. The molecule has 0 amide bonds. The molecule has 2 aliphatic heterocycles. The Morgan fingerprint density at radius 3 is 2.65 bits per heavy atom. The lowest BCUT2D eigenvalue weighted by Crippen LogP contribution is -2.43. The second-order valence-corrected chi connectivity index (χ2v) is 10.1. The van der Waals surface area contributed by atoms with Crippen LogP contribution in [0.4, 0.5) is 0 Å². The summed E-state index contributed by atoms with van der Waals surface area (Å²) in [6.45, 7) is 7.09. The van der Waals surface area contributed by atoms with E-state index in [4.69, 9.17) is 4.74 Å². The molecule has 0 aromatic heterocycles. The average molecular weight is 399 g/mol. The first-order valence-corrected chi connectivity index (χ1v) is 12.2. The van der Waals surface area contributed by atoms with Crippen LogP contribution in [0, 0.1) is 12.8 Å². The fourth-order valence-corrected chi connectivity index (χ4v) is 6.21. The van der Waals surface area contributed by atoms with E-state index in [1.165, 1.54) is 17.9 Å². The molecular formula is C19H30N2O3S2. The predicted octanol–water partition coefficient (Wildman–Crippen LogP) is 2.89. The number of likely N-dealkylation sites (tertiary alicyclic amines) is 1. The molecule has 1 N–H and O–H groups in total. The van der Waals surface area contributed by atoms with Gasteiger partial charge >= 0.3 is 0 Å². The zero-order valence-electron chi connectivity index (χ0n) is 15.7. The van der Waals surface area contributed by atoms with Crippen molar-refractivity contribution in [2.24, 2.45) is 5.92 Å². The molecule has 1 aromatic rings. The van der Waals surface area contributed by atoms with Gasteiger partial charge in [-0.2, -0.15) is 11.8 Å². The number of benzene rings is 1. The van der Waals surface area contributed by atoms with Crippen molar-refractivity contribution < 1.29 is 13.2 Å². The van der Waals surface area contributed by atoms with Gasteiger partial charge in [0.1, 0.15) is 5.75 Å². The summed E-state index contributed by atoms with van der Waals surface area (Å²) in [5.41, 5.74) is 0.845. The van der Waals surface area contributed by atoms with Crippen molar-refractivity contribution in [1.29, 1.82) is 0 Å². The van der Waals surface area contributed by atoms with Gasteiger partial charge in [0, 0.05) is 18.3 Å². The zero-order chi connectivity index (χ0) is 18.6. The third-order valence-electron chi connectivity index (χ3n) is 5.39. The molecular weight excluding hydrogens is 368 g/mol. The molecule has 5 nitrogen and oxygen atoms in total. The van der Waals surface area contributed by atoms with Gasteiger partial charge in [0.05, 0.1) is 11.5 Å². The molecule has 26 heavy (non-hydrogen) atoms. The zero-order valence-corrected chi connectivity index (χ0v) is 17.4. The molecule has 0 radical (unpaired) electrons. The Balaban J connectivity index is 1.51. The fourth-order valence-electron chi connectivity index (χ4n) is 3.75. The molecule has 0 aliphatic carbocycles. The highest BCUT2D eigenvalue weighted by atomic mass is 32.2. The predicted molar refractivity (Wildman–Crippen MR) is 108 cm³/mol. The Labute approximate surface area is 161 Å². The molecule has 0 bridgehead atoms. The van der Waals surface area contributed by atoms with Crippen molar-refractivity contribution >= 4 is 21.8 Å². The van der Waals surface area contributed by atoms with Crippen molar-refractivity contribution in [3.63, 3.8) is 0 Å². The Kier molecular flexibility index (Phi) is 6.88. The standard InChI is InChI=1S/C19H30N2O3S2/c1-3-24-19-5-4-18(12-15(19)2)26(22,23)20-13-16-6-9-21(10-7-16)17-8-11-25-14-17/h4-5,12,16-17,20H,3,6-11,13-14H2,1-2H3/t17-/m0/s1. The number of thioether (sulfide) groups is 1. The minimum atomic E-state index is -3.47. The summed E-state index contributed by atoms with van der Waals surface area (Å²) < 4.78 is 33.5. The molecule has 1 atom stereocenters. The van der Waals surface area contributed by atoms with E-state index in [1.807, 2.05) is 13.8 Å². The van der Waals surface area contributed by atoms with Crippen LogP contribution in [-0.2, 0) is 10.0 Å². The van der Waals surface area contributed by atoms with Crippen LogP contribution >= 0.6 is 11.8 Å². The Bertz CT molecular complexity index is 695. The number of nitrogens with zero attached hydrogens (tertiary/aromatic N) is 1. The van der Waals surface area contributed by atoms with E-state index in [2.05, 4.69) is 21.4 Å². The summed E-state index contributed by atoms with van der Waals surface area (Å²) in [6.07, 6.45) is 3.46. The molecule has 3 rings (SSSR count). The maximum atomic E-state index is 12.6. The number of hydrogen-bond donors (Lipinski definition) is 1. The molecule has 1 aromatic carbocycles. The first kappa shape index (κ1) is 20.0. The second-order valence-electron chi connectivity index (χ2n) is 7.21. The monoisotopic (exact) mass is 398 g/mol. The summed E-state index contributed by atoms with van der Waals surface area (Å²) in [4.78, 5) is 2.92. The maximum absolute atomic E-state index is 12.6. The molecule has 2 heterocycles. The number of piperidine rings is 1. The molecule has 7 heteroatoms. The average Bonchev–Trinajstić information content (AvgIpc) is 3.17. The van der Waals surface area contributed by atoms with E-state index in [0.29, 0.717) is 24.0 Å². The third kappa shape index (κ3) is 4.94. The molecule has 0 spiro atoms. The van der Waals surface area contributed by atoms with E-state index in [1.54, 1.807) is 18.2 Å². The maximum Gasteiger partial charge on any atom is 0.240 e. The van der Waals surface area contributed by atoms with Gasteiger partial charge in [0.2, 0.25) is 10.0 Å². The van der Waals surface area contributed by atoms with Crippen LogP contribution in [0.3, 0.4) is 0 Å². The largest absolute Gasteiger partial charge is 0.494 e. The highest BCUT2D eigenvalue weighted by molar-refractivity contribution is 7.99. The Morgan fingerprint density at radius 1 is 1.27 bits per heavy atom. The van der Waals surface area contributed by atoms with Crippen LogP contribution in [0.5, 0.6) is 5.75 Å². The summed E-state index contributed by atoms with van der Waals surface area (Å²) in [7, 11) is -3.47. The van der Waals surface area contributed by atoms with Crippen molar-refractivity contribution in [2.75, 3.05) is 37.7 Å². The van der Waals surface area contributed by atoms with E-state index < -0.39 is 10.0 Å². The van der Waals surface area contributed by atoms with Gasteiger partial charge in [-0.1, -0.05) is 0 Å². The Morgan fingerprint density at radius 2 is 2.04 bits per heavy atom. The van der Waals surface area contributed by atoms with Gasteiger partial charge in [-0.3, -0.25) is 4.90 Å². The highest BCUT2D eigenvalue weighted by Gasteiger charge is 2.28. The van der Waals surface area contributed by atoms with Crippen LogP contribution in [0.1, 0.15) is 31.7 Å². The van der Waals surface area contributed by atoms with E-state index in [9.17, 15) is 8.42 Å². The second kappa shape index (κ2) is 8.95. The number of hydrogen-bond acceptors (Lipinski definition) is 5. The summed E-state index contributed by atoms with van der Waals surface area (Å²) in [6, 6.07) is 5.80. The van der Waals surface area contributed by atoms with Crippen LogP contribution in [0.15, 0.2) is 23.1 Å². The van der Waals surface area contributed by atoms with E-state index in [0.717, 1.165) is 43.3 Å². The van der Waals surface area contributed by atoms with Crippen LogP contribution in [0.2, 0.25) is 0 Å². The minimum absolute atomic E-state index is 0.318. The fraction of sp³-hybridized carbons (Fsp3) is 0.684. The van der Waals surface area contributed by atoms with E-state index >= 15 is 0 Å². The third-order valence-corrected chi connectivity index (χ3v) is 7.96. The quantitative estimate of drug-likeness (QED) is 0.765. The minimum Gasteiger partial charge on any atom is -0.494 e. The van der Waals surface area contributed by atoms with Gasteiger partial charge in [-0.05, 0) is 81.6 Å². The van der Waals surface area contributed by atoms with Gasteiger partial charge in [-0.15, -0.1) is 0 Å². The van der Waals surface area contributed by atoms with Gasteiger partial charge in [-0.25, -0.2) is 13.1 Å². The Hall–Kier alpha value is -0.760. The molecule has 0 saturated carbocycles. The van der Waals surface area contributed by atoms with Crippen molar-refractivity contribution in [2.45, 2.75) is 44.0 Å². The number of ether oxygens (including phenoxy) is 1. The van der Waals surface area contributed by atoms with E-state index in [-0.39, 0.29) is 0 Å². The van der Waals surface area contributed by atoms with Gasteiger partial charge in [0.15, 0.2) is 0 Å². The van der Waals surface area contributed by atoms with Crippen molar-refractivity contribution in [1.82, 2.24) is 9.62 Å². The van der Waals surface area contributed by atoms with Gasteiger partial charge < -0.3 is 4.74 Å². The lowest BCUT2D eigenvalue weighted by atomic mass is 9.96. The van der Waals surface area contributed by atoms with Crippen LogP contribution in [-0.4, -0.2) is 57.1 Å². The molecule has 2 aliphatic rings.